The molecular formula is C33H20N2OS. The maximum atomic E-state index is 6.59. The molecule has 0 saturated carbocycles. The number of oxazole rings is 1. The molecule has 8 aromatic rings. The molecule has 0 aliphatic rings. The quantitative estimate of drug-likeness (QED) is 0.230. The van der Waals surface area contributed by atoms with Crippen molar-refractivity contribution in [3.05, 3.63) is 121 Å². The van der Waals surface area contributed by atoms with Gasteiger partial charge in [-0.3, -0.25) is 4.90 Å². The third kappa shape index (κ3) is 3.16. The van der Waals surface area contributed by atoms with Gasteiger partial charge in [0, 0.05) is 25.6 Å². The molecule has 0 amide bonds. The van der Waals surface area contributed by atoms with Crippen molar-refractivity contribution in [2.75, 3.05) is 4.90 Å². The van der Waals surface area contributed by atoms with Crippen molar-refractivity contribution in [3.8, 4) is 0 Å². The molecule has 0 spiro atoms. The molecule has 0 fully saturated rings. The highest BCUT2D eigenvalue weighted by molar-refractivity contribution is 7.25. The summed E-state index contributed by atoms with van der Waals surface area (Å²) < 4.78 is 9.13. The van der Waals surface area contributed by atoms with Crippen LogP contribution in [-0.2, 0) is 0 Å². The highest BCUT2D eigenvalue weighted by Crippen LogP contribution is 2.42. The summed E-state index contributed by atoms with van der Waals surface area (Å²) in [6.07, 6.45) is 0. The number of benzene rings is 6. The maximum Gasteiger partial charge on any atom is 0.307 e. The minimum Gasteiger partial charge on any atom is -0.422 e. The topological polar surface area (TPSA) is 29.3 Å². The summed E-state index contributed by atoms with van der Waals surface area (Å²) in [5.41, 5.74) is 3.68. The van der Waals surface area contributed by atoms with Crippen LogP contribution in [0.5, 0.6) is 0 Å². The van der Waals surface area contributed by atoms with E-state index < -0.39 is 0 Å². The standard InChI is InChI=1S/C33H20N2OS/c1-2-9-22(10-3-1)35(23-15-17-27-26-12-6-7-13-30(26)37-31(27)20-23)33-34-29-19-18-25-24-11-5-4-8-21(24)14-16-28(25)32(29)36-33/h1-20H. The Balaban J connectivity index is 1.36. The van der Waals surface area contributed by atoms with E-state index in [1.807, 2.05) is 29.5 Å². The lowest BCUT2D eigenvalue weighted by Gasteiger charge is -2.21. The Hall–Kier alpha value is -4.67. The fraction of sp³-hybridized carbons (Fsp3) is 0. The Morgan fingerprint density at radius 2 is 1.27 bits per heavy atom. The zero-order chi connectivity index (χ0) is 24.3. The van der Waals surface area contributed by atoms with Crippen molar-refractivity contribution >= 4 is 81.5 Å². The molecule has 0 saturated heterocycles. The summed E-state index contributed by atoms with van der Waals surface area (Å²) in [7, 11) is 0. The van der Waals surface area contributed by atoms with Crippen molar-refractivity contribution in [3.63, 3.8) is 0 Å². The van der Waals surface area contributed by atoms with E-state index in [0.717, 1.165) is 27.9 Å². The number of hydrogen-bond acceptors (Lipinski definition) is 4. The molecule has 8 rings (SSSR count). The van der Waals surface area contributed by atoms with Gasteiger partial charge in [0.2, 0.25) is 0 Å². The van der Waals surface area contributed by atoms with Gasteiger partial charge in [0.05, 0.1) is 11.4 Å². The van der Waals surface area contributed by atoms with E-state index in [-0.39, 0.29) is 0 Å². The second kappa shape index (κ2) is 7.92. The highest BCUT2D eigenvalue weighted by Gasteiger charge is 2.21. The van der Waals surface area contributed by atoms with Crippen molar-refractivity contribution in [2.24, 2.45) is 0 Å². The smallest absolute Gasteiger partial charge is 0.307 e. The van der Waals surface area contributed by atoms with Gasteiger partial charge in [-0.05, 0) is 58.6 Å². The minimum absolute atomic E-state index is 0.558. The monoisotopic (exact) mass is 492 g/mol. The van der Waals surface area contributed by atoms with Gasteiger partial charge in [-0.15, -0.1) is 11.3 Å². The van der Waals surface area contributed by atoms with E-state index in [9.17, 15) is 0 Å². The molecular weight excluding hydrogens is 472 g/mol. The van der Waals surface area contributed by atoms with Crippen molar-refractivity contribution in [1.82, 2.24) is 4.98 Å². The van der Waals surface area contributed by atoms with Crippen LogP contribution in [-0.4, -0.2) is 4.98 Å². The summed E-state index contributed by atoms with van der Waals surface area (Å²) in [5, 5.41) is 7.24. The lowest BCUT2D eigenvalue weighted by Crippen LogP contribution is -2.09. The number of hydrogen-bond donors (Lipinski definition) is 0. The summed E-state index contributed by atoms with van der Waals surface area (Å²) in [5.74, 6) is 0. The fourth-order valence-electron chi connectivity index (χ4n) is 5.36. The molecule has 37 heavy (non-hydrogen) atoms. The first kappa shape index (κ1) is 20.5. The Morgan fingerprint density at radius 1 is 0.541 bits per heavy atom. The Labute approximate surface area is 216 Å². The number of nitrogens with zero attached hydrogens (tertiary/aromatic N) is 2. The van der Waals surface area contributed by atoms with Gasteiger partial charge >= 0.3 is 6.01 Å². The second-order valence-electron chi connectivity index (χ2n) is 9.24. The average molecular weight is 493 g/mol. The largest absolute Gasteiger partial charge is 0.422 e. The van der Waals surface area contributed by atoms with Crippen molar-refractivity contribution in [1.29, 1.82) is 0 Å². The number of aromatic nitrogens is 1. The SMILES string of the molecule is c1ccc(N(c2ccc3c(c2)sc2ccccc23)c2nc3ccc4c5ccccc5ccc4c3o2)cc1. The zero-order valence-corrected chi connectivity index (χ0v) is 20.6. The van der Waals surface area contributed by atoms with Gasteiger partial charge < -0.3 is 4.42 Å². The van der Waals surface area contributed by atoms with Crippen LogP contribution >= 0.6 is 11.3 Å². The zero-order valence-electron chi connectivity index (χ0n) is 19.8. The van der Waals surface area contributed by atoms with E-state index in [4.69, 9.17) is 9.40 Å². The molecule has 6 aromatic carbocycles. The van der Waals surface area contributed by atoms with Crippen LogP contribution in [0, 0.1) is 0 Å². The third-order valence-electron chi connectivity index (χ3n) is 7.09. The first-order chi connectivity index (χ1) is 18.3. The summed E-state index contributed by atoms with van der Waals surface area (Å²) in [4.78, 5) is 7.09. The normalized spacial score (nSPS) is 11.8. The van der Waals surface area contributed by atoms with Crippen LogP contribution in [0.1, 0.15) is 0 Å². The van der Waals surface area contributed by atoms with Crippen LogP contribution in [0.15, 0.2) is 126 Å². The molecule has 2 aromatic heterocycles. The fourth-order valence-corrected chi connectivity index (χ4v) is 6.50. The molecule has 0 atom stereocenters. The molecule has 3 nitrogen and oxygen atoms in total. The van der Waals surface area contributed by atoms with Crippen LogP contribution in [0.2, 0.25) is 0 Å². The summed E-state index contributed by atoms with van der Waals surface area (Å²) >= 11 is 1.81. The van der Waals surface area contributed by atoms with E-state index >= 15 is 0 Å². The molecule has 2 heterocycles. The lowest BCUT2D eigenvalue weighted by atomic mass is 10.0. The summed E-state index contributed by atoms with van der Waals surface area (Å²) in [6.45, 7) is 0. The van der Waals surface area contributed by atoms with Gasteiger partial charge in [0.1, 0.15) is 5.52 Å². The van der Waals surface area contributed by atoms with Gasteiger partial charge in [-0.1, -0.05) is 78.9 Å². The molecule has 0 radical (unpaired) electrons. The number of thiophene rings is 1. The Bertz CT molecular complexity index is 2110. The Kier molecular flexibility index (Phi) is 4.39. The van der Waals surface area contributed by atoms with E-state index in [1.54, 1.807) is 0 Å². The predicted molar refractivity (Wildman–Crippen MR) is 157 cm³/mol. The third-order valence-corrected chi connectivity index (χ3v) is 8.23. The van der Waals surface area contributed by atoms with Gasteiger partial charge in [0.25, 0.3) is 0 Å². The lowest BCUT2D eigenvalue weighted by molar-refractivity contribution is 0.611. The van der Waals surface area contributed by atoms with Crippen LogP contribution in [0.3, 0.4) is 0 Å². The number of anilines is 3. The Morgan fingerprint density at radius 3 is 2.19 bits per heavy atom. The molecule has 0 aliphatic carbocycles. The first-order valence-corrected chi connectivity index (χ1v) is 13.1. The molecule has 0 bridgehead atoms. The first-order valence-electron chi connectivity index (χ1n) is 12.3. The molecule has 4 heteroatoms. The average Bonchev–Trinajstić information content (AvgIpc) is 3.55. The van der Waals surface area contributed by atoms with Crippen molar-refractivity contribution < 1.29 is 4.42 Å². The highest BCUT2D eigenvalue weighted by atomic mass is 32.1. The van der Waals surface area contributed by atoms with E-state index in [1.165, 1.54) is 36.3 Å². The van der Waals surface area contributed by atoms with E-state index in [2.05, 4.69) is 108 Å². The number of rotatable bonds is 3. The van der Waals surface area contributed by atoms with Crippen LogP contribution < -0.4 is 4.90 Å². The molecule has 0 aliphatic heterocycles. The maximum absolute atomic E-state index is 6.59. The molecule has 174 valence electrons. The van der Waals surface area contributed by atoms with Gasteiger partial charge in [-0.2, -0.15) is 4.98 Å². The summed E-state index contributed by atoms with van der Waals surface area (Å²) in [6, 6.07) is 43.0. The van der Waals surface area contributed by atoms with Crippen molar-refractivity contribution in [2.45, 2.75) is 0 Å². The molecule has 0 unspecified atom stereocenters. The number of para-hydroxylation sites is 1. The number of fused-ring (bicyclic) bond motifs is 8. The van der Waals surface area contributed by atoms with Crippen LogP contribution in [0.4, 0.5) is 17.4 Å². The van der Waals surface area contributed by atoms with E-state index in [0.29, 0.717) is 6.01 Å². The molecule has 0 N–H and O–H groups in total. The minimum atomic E-state index is 0.558. The van der Waals surface area contributed by atoms with Gasteiger partial charge in [-0.25, -0.2) is 0 Å². The predicted octanol–water partition coefficient (Wildman–Crippen LogP) is 9.97. The second-order valence-corrected chi connectivity index (χ2v) is 10.3. The van der Waals surface area contributed by atoms with Gasteiger partial charge in [0.15, 0.2) is 5.58 Å². The van der Waals surface area contributed by atoms with Crippen LogP contribution in [0.25, 0.3) is 52.8 Å².